The molecule has 0 N–H and O–H groups in total. The highest BCUT2D eigenvalue weighted by Gasteiger charge is 2.27. The van der Waals surface area contributed by atoms with Crippen molar-refractivity contribution in [3.8, 4) is 0 Å². The lowest BCUT2D eigenvalue weighted by Gasteiger charge is -2.32. The Balaban J connectivity index is 1.89. The van der Waals surface area contributed by atoms with E-state index in [4.69, 9.17) is 11.6 Å². The molecule has 6 heteroatoms. The fraction of sp³-hybridized carbons (Fsp3) is 0.591. The number of nitrogens with zero attached hydrogens (tertiary/aromatic N) is 4. The molecular formula is C22H30N4OS. The van der Waals surface area contributed by atoms with E-state index in [1.807, 2.05) is 11.8 Å². The van der Waals surface area contributed by atoms with Gasteiger partial charge in [-0.3, -0.25) is 4.79 Å². The monoisotopic (exact) mass is 398 g/mol. The molecule has 0 bridgehead atoms. The van der Waals surface area contributed by atoms with Gasteiger partial charge in [0.15, 0.2) is 0 Å². The van der Waals surface area contributed by atoms with Gasteiger partial charge in [-0.1, -0.05) is 20.8 Å². The molecule has 2 aromatic rings. The average Bonchev–Trinajstić information content (AvgIpc) is 3.00. The number of carbonyl (C=O) groups excluding carboxylic acids is 1. The van der Waals surface area contributed by atoms with Gasteiger partial charge in [0.1, 0.15) is 5.82 Å². The Morgan fingerprint density at radius 2 is 2.04 bits per heavy atom. The van der Waals surface area contributed by atoms with Crippen LogP contribution in [-0.4, -0.2) is 38.8 Å². The van der Waals surface area contributed by atoms with Crippen LogP contribution in [0.5, 0.6) is 0 Å². The minimum atomic E-state index is -0.0897. The van der Waals surface area contributed by atoms with Gasteiger partial charge >= 0.3 is 0 Å². The lowest BCUT2D eigenvalue weighted by molar-refractivity contribution is -0.130. The van der Waals surface area contributed by atoms with Crippen LogP contribution in [0.15, 0.2) is 23.1 Å². The SMILES string of the molecule is [C-]#[N+]C(C)Sc1ccc2c(c1)nc(C(C)(C)C)n2CC1CCN(C(C)=O)CC1. The van der Waals surface area contributed by atoms with Crippen LogP contribution in [-0.2, 0) is 16.8 Å². The Hall–Kier alpha value is -2.00. The molecule has 1 unspecified atom stereocenters. The van der Waals surface area contributed by atoms with Gasteiger partial charge in [0.2, 0.25) is 5.91 Å². The molecule has 0 spiro atoms. The van der Waals surface area contributed by atoms with Crippen LogP contribution in [0.4, 0.5) is 0 Å². The highest BCUT2D eigenvalue weighted by atomic mass is 32.2. The summed E-state index contributed by atoms with van der Waals surface area (Å²) >= 11 is 1.58. The Morgan fingerprint density at radius 3 is 2.61 bits per heavy atom. The Kier molecular flexibility index (Phi) is 6.04. The van der Waals surface area contributed by atoms with E-state index in [-0.39, 0.29) is 16.7 Å². The number of amides is 1. The second-order valence-corrected chi connectivity index (χ2v) is 10.1. The zero-order valence-corrected chi connectivity index (χ0v) is 18.3. The molecule has 1 aromatic heterocycles. The Labute approximate surface area is 172 Å². The van der Waals surface area contributed by atoms with Gasteiger partial charge in [-0.15, -0.1) is 0 Å². The summed E-state index contributed by atoms with van der Waals surface area (Å²) in [5.41, 5.74) is 2.13. The highest BCUT2D eigenvalue weighted by Crippen LogP contribution is 2.32. The summed E-state index contributed by atoms with van der Waals surface area (Å²) < 4.78 is 2.39. The van der Waals surface area contributed by atoms with Crippen LogP contribution >= 0.6 is 11.8 Å². The van der Waals surface area contributed by atoms with Gasteiger partial charge in [-0.2, -0.15) is 0 Å². The third kappa shape index (κ3) is 4.52. The quantitative estimate of drug-likeness (QED) is 0.541. The van der Waals surface area contributed by atoms with Crippen molar-refractivity contribution < 1.29 is 4.79 Å². The maximum absolute atomic E-state index is 11.6. The molecule has 0 aliphatic carbocycles. The lowest BCUT2D eigenvalue weighted by atomic mass is 9.93. The molecule has 1 amide bonds. The first-order chi connectivity index (χ1) is 13.2. The Bertz CT molecular complexity index is 898. The van der Waals surface area contributed by atoms with E-state index in [2.05, 4.69) is 48.4 Å². The summed E-state index contributed by atoms with van der Waals surface area (Å²) in [6.07, 6.45) is 2.08. The molecule has 2 heterocycles. The van der Waals surface area contributed by atoms with Crippen LogP contribution in [0.1, 0.15) is 53.3 Å². The summed E-state index contributed by atoms with van der Waals surface area (Å²) in [4.78, 5) is 23.2. The first-order valence-electron chi connectivity index (χ1n) is 9.98. The summed E-state index contributed by atoms with van der Waals surface area (Å²) in [6, 6.07) is 6.38. The van der Waals surface area contributed by atoms with Gasteiger partial charge in [-0.05, 0) is 48.7 Å². The van der Waals surface area contributed by atoms with Gasteiger partial charge in [-0.25, -0.2) is 11.6 Å². The third-order valence-electron chi connectivity index (χ3n) is 5.38. The molecule has 1 aromatic carbocycles. The van der Waals surface area contributed by atoms with Gasteiger partial charge in [0.05, 0.1) is 11.0 Å². The normalized spacial score (nSPS) is 16.9. The number of thioether (sulfide) groups is 1. The van der Waals surface area contributed by atoms with E-state index in [1.54, 1.807) is 18.7 Å². The first kappa shape index (κ1) is 20.7. The lowest BCUT2D eigenvalue weighted by Crippen LogP contribution is -2.38. The van der Waals surface area contributed by atoms with Gasteiger partial charge in [0, 0.05) is 43.8 Å². The van der Waals surface area contributed by atoms with Crippen molar-refractivity contribution in [3.63, 3.8) is 0 Å². The van der Waals surface area contributed by atoms with Crippen LogP contribution in [0.2, 0.25) is 0 Å². The fourth-order valence-electron chi connectivity index (χ4n) is 3.85. The number of benzene rings is 1. The van der Waals surface area contributed by atoms with Crippen molar-refractivity contribution in [2.45, 2.75) is 69.7 Å². The van der Waals surface area contributed by atoms with E-state index in [9.17, 15) is 4.79 Å². The molecule has 28 heavy (non-hydrogen) atoms. The predicted octanol–water partition coefficient (Wildman–Crippen LogP) is 4.95. The molecule has 1 aliphatic heterocycles. The van der Waals surface area contributed by atoms with Crippen molar-refractivity contribution in [1.82, 2.24) is 14.5 Å². The van der Waals surface area contributed by atoms with Crippen LogP contribution in [0, 0.1) is 12.5 Å². The average molecular weight is 399 g/mol. The van der Waals surface area contributed by atoms with E-state index in [1.165, 1.54) is 5.52 Å². The highest BCUT2D eigenvalue weighted by molar-refractivity contribution is 8.00. The largest absolute Gasteiger partial charge is 0.343 e. The smallest absolute Gasteiger partial charge is 0.270 e. The molecule has 0 radical (unpaired) electrons. The van der Waals surface area contributed by atoms with Crippen molar-refractivity contribution in [2.24, 2.45) is 5.92 Å². The molecule has 1 aliphatic rings. The zero-order chi connectivity index (χ0) is 20.5. The number of imidazole rings is 1. The summed E-state index contributed by atoms with van der Waals surface area (Å²) in [7, 11) is 0. The van der Waals surface area contributed by atoms with Gasteiger partial charge < -0.3 is 14.3 Å². The second-order valence-electron chi connectivity index (χ2n) is 8.74. The van der Waals surface area contributed by atoms with E-state index in [0.29, 0.717) is 5.92 Å². The predicted molar refractivity (Wildman–Crippen MR) is 115 cm³/mol. The maximum atomic E-state index is 11.6. The van der Waals surface area contributed by atoms with Crippen molar-refractivity contribution in [3.05, 3.63) is 35.4 Å². The zero-order valence-electron chi connectivity index (χ0n) is 17.5. The van der Waals surface area contributed by atoms with E-state index < -0.39 is 0 Å². The van der Waals surface area contributed by atoms with E-state index in [0.717, 1.165) is 48.7 Å². The minimum Gasteiger partial charge on any atom is -0.343 e. The molecule has 1 saturated heterocycles. The molecule has 3 rings (SSSR count). The van der Waals surface area contributed by atoms with Crippen LogP contribution in [0.3, 0.4) is 0 Å². The van der Waals surface area contributed by atoms with Crippen LogP contribution < -0.4 is 0 Å². The number of hydrogen-bond acceptors (Lipinski definition) is 3. The number of likely N-dealkylation sites (tertiary alicyclic amines) is 1. The van der Waals surface area contributed by atoms with Crippen molar-refractivity contribution >= 4 is 28.7 Å². The number of hydrogen-bond donors (Lipinski definition) is 0. The maximum Gasteiger partial charge on any atom is 0.270 e. The minimum absolute atomic E-state index is 0.0454. The Morgan fingerprint density at radius 1 is 1.36 bits per heavy atom. The number of aromatic nitrogens is 2. The molecule has 1 fully saturated rings. The molecular weight excluding hydrogens is 368 g/mol. The van der Waals surface area contributed by atoms with E-state index >= 15 is 0 Å². The fourth-order valence-corrected chi connectivity index (χ4v) is 4.63. The molecule has 0 saturated carbocycles. The van der Waals surface area contributed by atoms with Crippen LogP contribution in [0.25, 0.3) is 15.9 Å². The number of fused-ring (bicyclic) bond motifs is 1. The molecule has 5 nitrogen and oxygen atoms in total. The van der Waals surface area contributed by atoms with Gasteiger partial charge in [0.25, 0.3) is 5.37 Å². The topological polar surface area (TPSA) is 42.5 Å². The number of piperidine rings is 1. The molecule has 150 valence electrons. The summed E-state index contributed by atoms with van der Waals surface area (Å²) in [5, 5.41) is -0.0897. The third-order valence-corrected chi connectivity index (χ3v) is 6.35. The van der Waals surface area contributed by atoms with Crippen molar-refractivity contribution in [2.75, 3.05) is 13.1 Å². The second kappa shape index (κ2) is 8.16. The standard InChI is InChI=1S/C22H30N4OS/c1-15(23-6)28-18-7-8-20-19(13-18)24-21(22(3,4)5)26(20)14-17-9-11-25(12-10-17)16(2)27/h7-8,13,15,17H,9-12,14H2,1-5H3. The number of rotatable bonds is 4. The molecule has 1 atom stereocenters. The van der Waals surface area contributed by atoms with Crippen molar-refractivity contribution in [1.29, 1.82) is 0 Å². The summed E-state index contributed by atoms with van der Waals surface area (Å²) in [6.45, 7) is 20.0. The number of carbonyl (C=O) groups is 1. The summed E-state index contributed by atoms with van der Waals surface area (Å²) in [5.74, 6) is 1.85. The first-order valence-corrected chi connectivity index (χ1v) is 10.9.